The number of methoxy groups -OCH3 is 1. The number of benzene rings is 2. The first-order valence-electron chi connectivity index (χ1n) is 9.49. The molecule has 7 heteroatoms. The fourth-order valence-corrected chi connectivity index (χ4v) is 2.57. The van der Waals surface area contributed by atoms with E-state index in [1.54, 1.807) is 49.6 Å². The first kappa shape index (κ1) is 22.7. The number of amides is 3. The highest BCUT2D eigenvalue weighted by Crippen LogP contribution is 2.16. The molecule has 7 nitrogen and oxygen atoms in total. The smallest absolute Gasteiger partial charge is 0.253 e. The van der Waals surface area contributed by atoms with Crippen LogP contribution in [0.1, 0.15) is 36.7 Å². The number of para-hydroxylation sites is 1. The number of hydrogen-bond acceptors (Lipinski definition) is 4. The van der Waals surface area contributed by atoms with Gasteiger partial charge in [0.05, 0.1) is 24.9 Å². The molecule has 0 fully saturated rings. The van der Waals surface area contributed by atoms with Crippen LogP contribution in [0.15, 0.2) is 54.6 Å². The van der Waals surface area contributed by atoms with Crippen molar-refractivity contribution < 1.29 is 19.1 Å². The lowest BCUT2D eigenvalue weighted by molar-refractivity contribution is -0.121. The predicted octanol–water partition coefficient (Wildman–Crippen LogP) is 2.99. The molecule has 0 aliphatic carbocycles. The Morgan fingerprint density at radius 2 is 1.67 bits per heavy atom. The van der Waals surface area contributed by atoms with Crippen molar-refractivity contribution >= 4 is 29.5 Å². The summed E-state index contributed by atoms with van der Waals surface area (Å²) >= 11 is 0. The van der Waals surface area contributed by atoms with Crippen molar-refractivity contribution in [2.45, 2.75) is 26.3 Å². The van der Waals surface area contributed by atoms with Gasteiger partial charge in [0.1, 0.15) is 5.75 Å². The third kappa shape index (κ3) is 7.43. The van der Waals surface area contributed by atoms with Crippen molar-refractivity contribution in [2.75, 3.05) is 19.0 Å². The SMILES string of the molecule is COc1ccc(/C=C/C(=O)Nc2ccccc2C(=O)NCC(=O)NC(C)(C)C)cc1. The normalized spacial score (nSPS) is 11.1. The molecule has 0 atom stereocenters. The molecule has 0 heterocycles. The number of carbonyl (C=O) groups excluding carboxylic acids is 3. The number of rotatable bonds is 7. The van der Waals surface area contributed by atoms with E-state index in [4.69, 9.17) is 4.74 Å². The minimum absolute atomic E-state index is 0.157. The molecule has 0 aliphatic rings. The van der Waals surface area contributed by atoms with Crippen molar-refractivity contribution in [1.82, 2.24) is 10.6 Å². The molecule has 0 saturated heterocycles. The monoisotopic (exact) mass is 409 g/mol. The van der Waals surface area contributed by atoms with Gasteiger partial charge in [0.15, 0.2) is 0 Å². The van der Waals surface area contributed by atoms with Crippen molar-refractivity contribution in [3.63, 3.8) is 0 Å². The summed E-state index contributed by atoms with van der Waals surface area (Å²) in [6.07, 6.45) is 3.04. The Morgan fingerprint density at radius 1 is 1.00 bits per heavy atom. The molecule has 0 aliphatic heterocycles. The van der Waals surface area contributed by atoms with Gasteiger partial charge in [-0.25, -0.2) is 0 Å². The fraction of sp³-hybridized carbons (Fsp3) is 0.261. The quantitative estimate of drug-likeness (QED) is 0.613. The zero-order valence-electron chi connectivity index (χ0n) is 17.6. The average molecular weight is 409 g/mol. The number of anilines is 1. The van der Waals surface area contributed by atoms with Crippen LogP contribution in [0.3, 0.4) is 0 Å². The van der Waals surface area contributed by atoms with Gasteiger partial charge >= 0.3 is 0 Å². The second kappa shape index (κ2) is 10.2. The van der Waals surface area contributed by atoms with E-state index in [1.165, 1.54) is 6.08 Å². The summed E-state index contributed by atoms with van der Waals surface area (Å²) in [7, 11) is 1.59. The minimum atomic E-state index is -0.450. The average Bonchev–Trinajstić information content (AvgIpc) is 2.70. The minimum Gasteiger partial charge on any atom is -0.497 e. The summed E-state index contributed by atoms with van der Waals surface area (Å²) in [5.41, 5.74) is 1.08. The lowest BCUT2D eigenvalue weighted by atomic mass is 10.1. The molecule has 0 spiro atoms. The topological polar surface area (TPSA) is 96.5 Å². The number of nitrogens with one attached hydrogen (secondary N) is 3. The van der Waals surface area contributed by atoms with Gasteiger partial charge in [-0.2, -0.15) is 0 Å². The third-order valence-corrected chi connectivity index (χ3v) is 3.90. The van der Waals surface area contributed by atoms with Crippen molar-refractivity contribution in [1.29, 1.82) is 0 Å². The molecule has 0 bridgehead atoms. The van der Waals surface area contributed by atoms with Gasteiger partial charge in [-0.3, -0.25) is 14.4 Å². The Hall–Kier alpha value is -3.61. The zero-order chi connectivity index (χ0) is 22.1. The molecule has 0 saturated carbocycles. The molecule has 0 radical (unpaired) electrons. The maximum atomic E-state index is 12.5. The highest BCUT2D eigenvalue weighted by Gasteiger charge is 2.16. The van der Waals surface area contributed by atoms with Crippen LogP contribution >= 0.6 is 0 Å². The number of carbonyl (C=O) groups is 3. The van der Waals surface area contributed by atoms with Crippen LogP contribution in [0.2, 0.25) is 0 Å². The van der Waals surface area contributed by atoms with E-state index >= 15 is 0 Å². The van der Waals surface area contributed by atoms with Crippen LogP contribution < -0.4 is 20.7 Å². The second-order valence-electron chi connectivity index (χ2n) is 7.62. The van der Waals surface area contributed by atoms with Crippen LogP contribution in [0, 0.1) is 0 Å². The molecule has 0 unspecified atom stereocenters. The number of hydrogen-bond donors (Lipinski definition) is 3. The highest BCUT2D eigenvalue weighted by molar-refractivity contribution is 6.08. The predicted molar refractivity (Wildman–Crippen MR) is 117 cm³/mol. The van der Waals surface area contributed by atoms with Crippen molar-refractivity contribution in [3.8, 4) is 5.75 Å². The van der Waals surface area contributed by atoms with E-state index < -0.39 is 5.91 Å². The highest BCUT2D eigenvalue weighted by atomic mass is 16.5. The van der Waals surface area contributed by atoms with Crippen molar-refractivity contribution in [3.05, 3.63) is 65.7 Å². The van der Waals surface area contributed by atoms with Gasteiger partial charge in [0, 0.05) is 11.6 Å². The van der Waals surface area contributed by atoms with E-state index in [2.05, 4.69) is 16.0 Å². The Morgan fingerprint density at radius 3 is 2.30 bits per heavy atom. The van der Waals surface area contributed by atoms with Crippen LogP contribution in [0.4, 0.5) is 5.69 Å². The summed E-state index contributed by atoms with van der Waals surface area (Å²) in [5.74, 6) is -0.391. The second-order valence-corrected chi connectivity index (χ2v) is 7.62. The summed E-state index contributed by atoms with van der Waals surface area (Å²) < 4.78 is 5.10. The zero-order valence-corrected chi connectivity index (χ0v) is 17.6. The lowest BCUT2D eigenvalue weighted by Crippen LogP contribution is -2.45. The largest absolute Gasteiger partial charge is 0.497 e. The maximum absolute atomic E-state index is 12.5. The summed E-state index contributed by atoms with van der Waals surface area (Å²) in [5, 5.41) is 8.04. The Labute approximate surface area is 176 Å². The van der Waals surface area contributed by atoms with Gasteiger partial charge in [0.25, 0.3) is 5.91 Å². The standard InChI is InChI=1S/C23H27N3O4/c1-23(2,3)26-21(28)15-24-22(29)18-7-5-6-8-19(18)25-20(27)14-11-16-9-12-17(30-4)13-10-16/h5-14H,15H2,1-4H3,(H,24,29)(H,25,27)(H,26,28)/b14-11+. The van der Waals surface area contributed by atoms with Gasteiger partial charge in [0.2, 0.25) is 11.8 Å². The van der Waals surface area contributed by atoms with Gasteiger partial charge in [-0.15, -0.1) is 0 Å². The van der Waals surface area contributed by atoms with Gasteiger partial charge in [-0.1, -0.05) is 24.3 Å². The molecule has 2 aromatic carbocycles. The first-order chi connectivity index (χ1) is 14.2. The van der Waals surface area contributed by atoms with E-state index in [0.717, 1.165) is 11.3 Å². The third-order valence-electron chi connectivity index (χ3n) is 3.90. The molecular weight excluding hydrogens is 382 g/mol. The fourth-order valence-electron chi connectivity index (χ4n) is 2.57. The van der Waals surface area contributed by atoms with Gasteiger partial charge < -0.3 is 20.7 Å². The first-order valence-corrected chi connectivity index (χ1v) is 9.49. The van der Waals surface area contributed by atoms with Crippen molar-refractivity contribution in [2.24, 2.45) is 0 Å². The number of ether oxygens (including phenoxy) is 1. The molecular formula is C23H27N3O4. The Balaban J connectivity index is 1.99. The maximum Gasteiger partial charge on any atom is 0.253 e. The summed E-state index contributed by atoms with van der Waals surface area (Å²) in [4.78, 5) is 36.7. The van der Waals surface area contributed by atoms with Crippen LogP contribution in [0.5, 0.6) is 5.75 Å². The Kier molecular flexibility index (Phi) is 7.75. The molecule has 2 rings (SSSR count). The van der Waals surface area contributed by atoms with Crippen LogP contribution in [-0.2, 0) is 9.59 Å². The molecule has 0 aromatic heterocycles. The van der Waals surface area contributed by atoms with E-state index in [0.29, 0.717) is 5.69 Å². The molecule has 2 aromatic rings. The van der Waals surface area contributed by atoms with Gasteiger partial charge in [-0.05, 0) is 56.7 Å². The Bertz CT molecular complexity index is 928. The van der Waals surface area contributed by atoms with Crippen LogP contribution in [0.25, 0.3) is 6.08 Å². The molecule has 30 heavy (non-hydrogen) atoms. The molecule has 158 valence electrons. The van der Waals surface area contributed by atoms with E-state index in [-0.39, 0.29) is 29.5 Å². The molecule has 3 N–H and O–H groups in total. The summed E-state index contributed by atoms with van der Waals surface area (Å²) in [6, 6.07) is 13.9. The molecule has 3 amide bonds. The van der Waals surface area contributed by atoms with E-state index in [1.807, 2.05) is 32.9 Å². The lowest BCUT2D eigenvalue weighted by Gasteiger charge is -2.20. The van der Waals surface area contributed by atoms with E-state index in [9.17, 15) is 14.4 Å². The summed E-state index contributed by atoms with van der Waals surface area (Å²) in [6.45, 7) is 5.42. The van der Waals surface area contributed by atoms with Crippen LogP contribution in [-0.4, -0.2) is 36.9 Å².